The number of methoxy groups -OCH3 is 1. The van der Waals surface area contributed by atoms with Crippen molar-refractivity contribution in [2.24, 2.45) is 17.8 Å². The van der Waals surface area contributed by atoms with Crippen molar-refractivity contribution in [2.75, 3.05) is 19.0 Å². The van der Waals surface area contributed by atoms with E-state index in [0.29, 0.717) is 11.2 Å². The van der Waals surface area contributed by atoms with Crippen molar-refractivity contribution < 1.29 is 4.74 Å². The number of halogens is 1. The summed E-state index contributed by atoms with van der Waals surface area (Å²) in [6, 6.07) is 7.28. The summed E-state index contributed by atoms with van der Waals surface area (Å²) < 4.78 is 5.39. The molecule has 0 amide bonds. The zero-order valence-electron chi connectivity index (χ0n) is 23.4. The quantitative estimate of drug-likeness (QED) is 0.236. The average Bonchev–Trinajstić information content (AvgIpc) is 3.63. The van der Waals surface area contributed by atoms with Crippen LogP contribution in [0.3, 0.4) is 0 Å². The van der Waals surface area contributed by atoms with E-state index in [1.807, 2.05) is 18.3 Å². The smallest absolute Gasteiger partial charge is 0.138 e. The number of nitrogens with one attached hydrogen (secondary N) is 3. The first kappa shape index (κ1) is 26.9. The number of H-pyrrole nitrogens is 1. The van der Waals surface area contributed by atoms with E-state index in [0.717, 1.165) is 57.5 Å². The van der Waals surface area contributed by atoms with Gasteiger partial charge in [-0.05, 0) is 119 Å². The highest BCUT2D eigenvalue weighted by Crippen LogP contribution is 2.37. The molecule has 3 N–H and O–H groups in total. The highest BCUT2D eigenvalue weighted by Gasteiger charge is 2.28. The molecule has 0 atom stereocenters. The lowest BCUT2D eigenvalue weighted by molar-refractivity contribution is 0.215. The van der Waals surface area contributed by atoms with E-state index in [9.17, 15) is 0 Å². The van der Waals surface area contributed by atoms with Crippen molar-refractivity contribution in [3.63, 3.8) is 0 Å². The predicted octanol–water partition coefficient (Wildman–Crippen LogP) is 7.99. The number of anilines is 1. The number of nitrogens with zero attached hydrogens (tertiary/aromatic N) is 2. The first-order valence-electron chi connectivity index (χ1n) is 15.3. The van der Waals surface area contributed by atoms with E-state index < -0.39 is 0 Å². The zero-order valence-corrected chi connectivity index (χ0v) is 24.1. The van der Waals surface area contributed by atoms with E-state index >= 15 is 0 Å². The molecular formula is C32H44ClN5O. The second kappa shape index (κ2) is 12.5. The van der Waals surface area contributed by atoms with Crippen molar-refractivity contribution in [3.8, 4) is 16.9 Å². The Bertz CT molecular complexity index is 1220. The monoisotopic (exact) mass is 549 g/mol. The van der Waals surface area contributed by atoms with Crippen molar-refractivity contribution in [1.82, 2.24) is 20.3 Å². The Labute approximate surface area is 238 Å². The van der Waals surface area contributed by atoms with Crippen molar-refractivity contribution in [2.45, 2.75) is 95.6 Å². The number of hydrogen-bond donors (Lipinski definition) is 3. The fourth-order valence-electron chi connectivity index (χ4n) is 7.43. The lowest BCUT2D eigenvalue weighted by atomic mass is 9.75. The van der Waals surface area contributed by atoms with Gasteiger partial charge in [-0.3, -0.25) is 0 Å². The minimum absolute atomic E-state index is 0.459. The molecule has 0 unspecified atom stereocenters. The number of fused-ring (bicyclic) bond motifs is 1. The highest BCUT2D eigenvalue weighted by molar-refractivity contribution is 6.29. The molecule has 0 bridgehead atoms. The van der Waals surface area contributed by atoms with E-state index in [1.54, 1.807) is 13.3 Å². The summed E-state index contributed by atoms with van der Waals surface area (Å²) in [6.45, 7) is 1.27. The van der Waals surface area contributed by atoms with Gasteiger partial charge < -0.3 is 20.4 Å². The van der Waals surface area contributed by atoms with Crippen molar-refractivity contribution in [1.29, 1.82) is 0 Å². The predicted molar refractivity (Wildman–Crippen MR) is 161 cm³/mol. The molecule has 0 radical (unpaired) electrons. The number of hydrogen-bond acceptors (Lipinski definition) is 5. The molecule has 7 heteroatoms. The van der Waals surface area contributed by atoms with Gasteiger partial charge in [-0.1, -0.05) is 24.4 Å². The lowest BCUT2D eigenvalue weighted by Gasteiger charge is -2.35. The Morgan fingerprint density at radius 1 is 0.897 bits per heavy atom. The third-order valence-corrected chi connectivity index (χ3v) is 9.92. The Morgan fingerprint density at radius 3 is 2.33 bits per heavy atom. The first-order chi connectivity index (χ1) is 19.1. The fourth-order valence-corrected chi connectivity index (χ4v) is 7.64. The maximum atomic E-state index is 6.48. The largest absolute Gasteiger partial charge is 0.495 e. The molecule has 6 nitrogen and oxygen atoms in total. The first-order valence-corrected chi connectivity index (χ1v) is 15.7. The van der Waals surface area contributed by atoms with Gasteiger partial charge in [-0.2, -0.15) is 0 Å². The van der Waals surface area contributed by atoms with Gasteiger partial charge in [0.1, 0.15) is 22.4 Å². The summed E-state index contributed by atoms with van der Waals surface area (Å²) >= 11 is 6.48. The molecule has 3 fully saturated rings. The SMILES string of the molecule is COc1cnc2[nH]cc(-c3cc(Cl)nc(NC4CCC(CC5CCC(NCC6CCCC6)CC5)CC4)c3)c2c1. The molecule has 3 aliphatic rings. The molecule has 0 aromatic carbocycles. The molecule has 3 aromatic rings. The summed E-state index contributed by atoms with van der Waals surface area (Å²) in [5.41, 5.74) is 2.91. The van der Waals surface area contributed by atoms with Crippen LogP contribution in [0.4, 0.5) is 5.82 Å². The molecular weight excluding hydrogens is 506 g/mol. The summed E-state index contributed by atoms with van der Waals surface area (Å²) in [7, 11) is 1.66. The van der Waals surface area contributed by atoms with Gasteiger partial charge in [0.2, 0.25) is 0 Å². The molecule has 39 heavy (non-hydrogen) atoms. The van der Waals surface area contributed by atoms with Gasteiger partial charge in [0.05, 0.1) is 13.3 Å². The normalized spacial score (nSPS) is 26.2. The lowest BCUT2D eigenvalue weighted by Crippen LogP contribution is -2.36. The Kier molecular flexibility index (Phi) is 8.60. The van der Waals surface area contributed by atoms with Gasteiger partial charge in [-0.25, -0.2) is 9.97 Å². The minimum Gasteiger partial charge on any atom is -0.495 e. The fraction of sp³-hybridized carbons (Fsp3) is 0.625. The summed E-state index contributed by atoms with van der Waals surface area (Å²) in [6.07, 6.45) is 21.6. The van der Waals surface area contributed by atoms with Crippen LogP contribution in [0.5, 0.6) is 5.75 Å². The molecule has 3 aliphatic carbocycles. The van der Waals surface area contributed by atoms with Crippen LogP contribution in [-0.4, -0.2) is 40.7 Å². The van der Waals surface area contributed by atoms with Gasteiger partial charge in [0.15, 0.2) is 0 Å². The summed E-state index contributed by atoms with van der Waals surface area (Å²) in [5, 5.41) is 9.14. The van der Waals surface area contributed by atoms with Crippen LogP contribution in [-0.2, 0) is 0 Å². The number of pyridine rings is 2. The van der Waals surface area contributed by atoms with Crippen LogP contribution in [0.1, 0.15) is 83.5 Å². The summed E-state index contributed by atoms with van der Waals surface area (Å²) in [4.78, 5) is 12.3. The Balaban J connectivity index is 0.984. The number of ether oxygens (including phenoxy) is 1. The van der Waals surface area contributed by atoms with Gasteiger partial charge in [-0.15, -0.1) is 0 Å². The molecule has 0 saturated heterocycles. The topological polar surface area (TPSA) is 74.9 Å². The minimum atomic E-state index is 0.459. The maximum absolute atomic E-state index is 6.48. The Morgan fingerprint density at radius 2 is 1.62 bits per heavy atom. The standard InChI is InChI=1S/C32H44ClN5O/c1-39-27-17-28-29(20-36-32(28)35-19-27)24-15-30(33)38-31(16-24)37-26-12-8-22(9-13-26)14-21-6-10-25(11-7-21)34-18-23-4-2-3-5-23/h15-17,19-23,25-26,34H,2-14,18H2,1H3,(H,35,36)(H,37,38). The molecule has 3 aromatic heterocycles. The van der Waals surface area contributed by atoms with Crippen molar-refractivity contribution in [3.05, 3.63) is 35.7 Å². The Hall–Kier alpha value is -2.31. The van der Waals surface area contributed by atoms with E-state index in [4.69, 9.17) is 16.3 Å². The van der Waals surface area contributed by atoms with Gasteiger partial charge >= 0.3 is 0 Å². The van der Waals surface area contributed by atoms with Crippen LogP contribution in [0.25, 0.3) is 22.2 Å². The van der Waals surface area contributed by atoms with Gasteiger partial charge in [0, 0.05) is 29.2 Å². The highest BCUT2D eigenvalue weighted by atomic mass is 35.5. The molecule has 3 saturated carbocycles. The summed E-state index contributed by atoms with van der Waals surface area (Å²) in [5.74, 6) is 4.37. The maximum Gasteiger partial charge on any atom is 0.138 e. The number of aromatic amines is 1. The second-order valence-corrected chi connectivity index (χ2v) is 12.8. The van der Waals surface area contributed by atoms with Crippen molar-refractivity contribution >= 4 is 28.5 Å². The van der Waals surface area contributed by atoms with E-state index in [2.05, 4.69) is 31.7 Å². The van der Waals surface area contributed by atoms with Crippen LogP contribution < -0.4 is 15.4 Å². The third kappa shape index (κ3) is 6.71. The molecule has 3 heterocycles. The zero-order chi connectivity index (χ0) is 26.6. The molecule has 6 rings (SSSR count). The van der Waals surface area contributed by atoms with Crippen LogP contribution in [0.2, 0.25) is 5.15 Å². The number of aromatic nitrogens is 3. The molecule has 0 spiro atoms. The van der Waals surface area contributed by atoms with E-state index in [-0.39, 0.29) is 0 Å². The number of rotatable bonds is 9. The van der Waals surface area contributed by atoms with Gasteiger partial charge in [0.25, 0.3) is 0 Å². The average molecular weight is 550 g/mol. The van der Waals surface area contributed by atoms with Crippen LogP contribution in [0.15, 0.2) is 30.6 Å². The third-order valence-electron chi connectivity index (χ3n) is 9.73. The van der Waals surface area contributed by atoms with Crippen LogP contribution >= 0.6 is 11.6 Å². The second-order valence-electron chi connectivity index (χ2n) is 12.4. The molecule has 0 aliphatic heterocycles. The van der Waals surface area contributed by atoms with E-state index in [1.165, 1.54) is 90.0 Å². The van der Waals surface area contributed by atoms with Crippen LogP contribution in [0, 0.1) is 17.8 Å². The molecule has 210 valence electrons.